The van der Waals surface area contributed by atoms with Crippen molar-refractivity contribution >= 4 is 18.7 Å². The summed E-state index contributed by atoms with van der Waals surface area (Å²) in [6.07, 6.45) is 6.14. The second kappa shape index (κ2) is 8.98. The van der Waals surface area contributed by atoms with Gasteiger partial charge in [-0.1, -0.05) is 24.3 Å². The summed E-state index contributed by atoms with van der Waals surface area (Å²) in [6.45, 7) is 2.23. The Labute approximate surface area is 173 Å². The van der Waals surface area contributed by atoms with E-state index in [4.69, 9.17) is 5.73 Å². The number of amides is 1. The Balaban J connectivity index is 1.32. The smallest absolute Gasteiger partial charge is 0.426 e. The molecule has 1 aromatic rings. The zero-order valence-corrected chi connectivity index (χ0v) is 17.0. The van der Waals surface area contributed by atoms with Crippen LogP contribution in [0.5, 0.6) is 0 Å². The van der Waals surface area contributed by atoms with Gasteiger partial charge in [-0.2, -0.15) is 0 Å². The standard InChI is InChI=1S/C22H32BN3O3/c24-14-15-2-1-3-17(12-15)16-8-10-26(11-9-16)22(27)19-4-6-20-18(13-19)5-7-21(25-20)23(28)29/h1-3,12,16,18-19,21,28-29H,4-11,13-14,24H2. The van der Waals surface area contributed by atoms with Crippen LogP contribution in [-0.4, -0.2) is 52.7 Å². The minimum atomic E-state index is -1.37. The Morgan fingerprint density at radius 1 is 1.14 bits per heavy atom. The van der Waals surface area contributed by atoms with Crippen LogP contribution >= 0.6 is 0 Å². The molecule has 1 amide bonds. The van der Waals surface area contributed by atoms with E-state index in [2.05, 4.69) is 34.2 Å². The van der Waals surface area contributed by atoms with Crippen molar-refractivity contribution in [2.75, 3.05) is 13.1 Å². The predicted octanol–water partition coefficient (Wildman–Crippen LogP) is 1.88. The number of aliphatic imine (C=N–C) groups is 1. The molecule has 1 saturated carbocycles. The molecular weight excluding hydrogens is 365 g/mol. The summed E-state index contributed by atoms with van der Waals surface area (Å²) in [5, 5.41) is 18.8. The van der Waals surface area contributed by atoms with Gasteiger partial charge in [0.05, 0.1) is 5.94 Å². The maximum Gasteiger partial charge on any atom is 0.477 e. The van der Waals surface area contributed by atoms with Crippen molar-refractivity contribution < 1.29 is 14.8 Å². The SMILES string of the molecule is NCc1cccc(C2CCN(C(=O)C3CCC4=NC(B(O)O)CCC4C3)CC2)c1. The van der Waals surface area contributed by atoms with E-state index in [-0.39, 0.29) is 11.9 Å². The molecule has 1 aromatic carbocycles. The topological polar surface area (TPSA) is 99.2 Å². The average molecular weight is 397 g/mol. The first-order valence-corrected chi connectivity index (χ1v) is 11.1. The summed E-state index contributed by atoms with van der Waals surface area (Å²) in [4.78, 5) is 19.8. The first kappa shape index (κ1) is 20.6. The summed E-state index contributed by atoms with van der Waals surface area (Å²) in [6, 6.07) is 8.55. The molecule has 0 radical (unpaired) electrons. The number of hydrogen-bond acceptors (Lipinski definition) is 5. The van der Waals surface area contributed by atoms with E-state index in [0.29, 0.717) is 30.7 Å². The first-order chi connectivity index (χ1) is 14.0. The Hall–Kier alpha value is -1.70. The Kier molecular flexibility index (Phi) is 6.37. The highest BCUT2D eigenvalue weighted by Crippen LogP contribution is 2.36. The lowest BCUT2D eigenvalue weighted by Crippen LogP contribution is -2.45. The van der Waals surface area contributed by atoms with Gasteiger partial charge >= 0.3 is 7.12 Å². The highest BCUT2D eigenvalue weighted by atomic mass is 16.4. The van der Waals surface area contributed by atoms with Gasteiger partial charge in [0, 0.05) is 31.3 Å². The van der Waals surface area contributed by atoms with E-state index >= 15 is 0 Å². The van der Waals surface area contributed by atoms with Crippen molar-refractivity contribution in [3.8, 4) is 0 Å². The number of rotatable bonds is 4. The lowest BCUT2D eigenvalue weighted by Gasteiger charge is -2.38. The van der Waals surface area contributed by atoms with Crippen molar-refractivity contribution in [1.29, 1.82) is 0 Å². The molecule has 29 heavy (non-hydrogen) atoms. The molecule has 2 heterocycles. The second-order valence-electron chi connectivity index (χ2n) is 8.90. The van der Waals surface area contributed by atoms with Crippen LogP contribution < -0.4 is 5.73 Å². The number of nitrogens with two attached hydrogens (primary N) is 1. The van der Waals surface area contributed by atoms with Gasteiger partial charge in [-0.15, -0.1) is 0 Å². The Morgan fingerprint density at radius 2 is 1.93 bits per heavy atom. The van der Waals surface area contributed by atoms with Gasteiger partial charge in [-0.3, -0.25) is 9.79 Å². The van der Waals surface area contributed by atoms with Gasteiger partial charge in [0.15, 0.2) is 0 Å². The number of fused-ring (bicyclic) bond motifs is 1. The van der Waals surface area contributed by atoms with Crippen LogP contribution in [0.3, 0.4) is 0 Å². The normalized spacial score (nSPS) is 27.9. The van der Waals surface area contributed by atoms with Crippen molar-refractivity contribution in [2.24, 2.45) is 22.6 Å². The summed E-state index contributed by atoms with van der Waals surface area (Å²) in [5.41, 5.74) is 9.39. The van der Waals surface area contributed by atoms with Crippen LogP contribution in [0.1, 0.15) is 62.0 Å². The fraction of sp³-hybridized carbons (Fsp3) is 0.636. The molecule has 4 rings (SSSR count). The van der Waals surface area contributed by atoms with E-state index in [9.17, 15) is 14.8 Å². The molecule has 6 nitrogen and oxygen atoms in total. The molecule has 0 spiro atoms. The molecular formula is C22H32BN3O3. The van der Waals surface area contributed by atoms with E-state index in [1.807, 2.05) is 0 Å². The quantitative estimate of drug-likeness (QED) is 0.676. The molecule has 7 heteroatoms. The minimum absolute atomic E-state index is 0.0895. The first-order valence-electron chi connectivity index (χ1n) is 11.1. The van der Waals surface area contributed by atoms with Gasteiger partial charge in [-0.05, 0) is 67.9 Å². The molecule has 2 fully saturated rings. The number of hydrogen-bond donors (Lipinski definition) is 3. The van der Waals surface area contributed by atoms with Crippen LogP contribution in [0.2, 0.25) is 0 Å². The molecule has 3 atom stereocenters. The molecule has 3 aliphatic rings. The molecule has 2 aliphatic heterocycles. The third-order valence-electron chi connectivity index (χ3n) is 7.09. The molecule has 3 unspecified atom stereocenters. The maximum atomic E-state index is 13.1. The van der Waals surface area contributed by atoms with Crippen LogP contribution in [-0.2, 0) is 11.3 Å². The fourth-order valence-corrected chi connectivity index (χ4v) is 5.33. The molecule has 156 valence electrons. The minimum Gasteiger partial charge on any atom is -0.426 e. The van der Waals surface area contributed by atoms with Crippen molar-refractivity contribution in [1.82, 2.24) is 4.90 Å². The zero-order valence-electron chi connectivity index (χ0n) is 17.0. The summed E-state index contributed by atoms with van der Waals surface area (Å²) in [7, 11) is -1.37. The summed E-state index contributed by atoms with van der Waals surface area (Å²) < 4.78 is 0. The number of carbonyl (C=O) groups excluding carboxylic acids is 1. The lowest BCUT2D eigenvalue weighted by molar-refractivity contribution is -0.137. The van der Waals surface area contributed by atoms with Gasteiger partial charge in [0.2, 0.25) is 5.91 Å². The molecule has 1 aliphatic carbocycles. The zero-order chi connectivity index (χ0) is 20.4. The summed E-state index contributed by atoms with van der Waals surface area (Å²) in [5.74, 6) is 0.861. The van der Waals surface area contributed by atoms with Gasteiger partial charge in [-0.25, -0.2) is 0 Å². The van der Waals surface area contributed by atoms with Gasteiger partial charge in [0.1, 0.15) is 0 Å². The second-order valence-corrected chi connectivity index (χ2v) is 8.90. The van der Waals surface area contributed by atoms with E-state index < -0.39 is 7.12 Å². The average Bonchev–Trinajstić information content (AvgIpc) is 2.78. The predicted molar refractivity (Wildman–Crippen MR) is 114 cm³/mol. The number of carbonyl (C=O) groups is 1. The molecule has 1 saturated heterocycles. The number of benzene rings is 1. The third kappa shape index (κ3) is 4.57. The Bertz CT molecular complexity index is 761. The fourth-order valence-electron chi connectivity index (χ4n) is 5.33. The van der Waals surface area contributed by atoms with Crippen molar-refractivity contribution in [2.45, 2.75) is 63.3 Å². The molecule has 0 aromatic heterocycles. The Morgan fingerprint density at radius 3 is 2.66 bits per heavy atom. The molecule has 4 N–H and O–H groups in total. The van der Waals surface area contributed by atoms with Crippen LogP contribution in [0.15, 0.2) is 29.3 Å². The largest absolute Gasteiger partial charge is 0.477 e. The summed E-state index contributed by atoms with van der Waals surface area (Å²) >= 11 is 0. The van der Waals surface area contributed by atoms with Crippen molar-refractivity contribution in [3.05, 3.63) is 35.4 Å². The van der Waals surface area contributed by atoms with Crippen LogP contribution in [0, 0.1) is 11.8 Å². The highest BCUT2D eigenvalue weighted by Gasteiger charge is 2.38. The number of likely N-dealkylation sites (tertiary alicyclic amines) is 1. The van der Waals surface area contributed by atoms with Crippen LogP contribution in [0.4, 0.5) is 0 Å². The maximum absolute atomic E-state index is 13.1. The van der Waals surface area contributed by atoms with Gasteiger partial charge in [0.25, 0.3) is 0 Å². The monoisotopic (exact) mass is 397 g/mol. The van der Waals surface area contributed by atoms with Gasteiger partial charge < -0.3 is 20.7 Å². The van der Waals surface area contributed by atoms with Crippen LogP contribution in [0.25, 0.3) is 0 Å². The molecule has 0 bridgehead atoms. The van der Waals surface area contributed by atoms with E-state index in [1.165, 1.54) is 11.1 Å². The number of piperidine rings is 1. The van der Waals surface area contributed by atoms with E-state index in [0.717, 1.165) is 57.3 Å². The lowest BCUT2D eigenvalue weighted by atomic mass is 9.69. The van der Waals surface area contributed by atoms with E-state index in [1.54, 1.807) is 0 Å². The number of nitrogens with zero attached hydrogens (tertiary/aromatic N) is 2. The third-order valence-corrected chi connectivity index (χ3v) is 7.09. The van der Waals surface area contributed by atoms with Crippen molar-refractivity contribution in [3.63, 3.8) is 0 Å². The highest BCUT2D eigenvalue weighted by molar-refractivity contribution is 6.43.